The summed E-state index contributed by atoms with van der Waals surface area (Å²) in [4.78, 5) is 15.2. The molecular formula is C9H15N3OS. The third kappa shape index (κ3) is 3.74. The molecule has 0 saturated carbocycles. The third-order valence-electron chi connectivity index (χ3n) is 1.75. The summed E-state index contributed by atoms with van der Waals surface area (Å²) >= 11 is 1.43. The Balaban J connectivity index is 2.18. The van der Waals surface area contributed by atoms with Gasteiger partial charge >= 0.3 is 0 Å². The molecule has 1 aromatic heterocycles. The van der Waals surface area contributed by atoms with E-state index in [0.29, 0.717) is 18.1 Å². The van der Waals surface area contributed by atoms with Crippen molar-refractivity contribution in [3.8, 4) is 0 Å². The van der Waals surface area contributed by atoms with Crippen LogP contribution >= 0.6 is 11.3 Å². The maximum Gasteiger partial charge on any atom is 0.219 e. The minimum atomic E-state index is 0.107. The topological polar surface area (TPSA) is 68.0 Å². The van der Waals surface area contributed by atoms with Crippen LogP contribution in [0.4, 0.5) is 5.13 Å². The molecule has 14 heavy (non-hydrogen) atoms. The summed E-state index contributed by atoms with van der Waals surface area (Å²) in [5, 5.41) is 5.33. The molecular weight excluding hydrogens is 198 g/mol. The molecule has 0 aliphatic rings. The molecule has 0 unspecified atom stereocenters. The van der Waals surface area contributed by atoms with Gasteiger partial charge < -0.3 is 11.1 Å². The van der Waals surface area contributed by atoms with E-state index in [4.69, 9.17) is 5.73 Å². The van der Waals surface area contributed by atoms with Crippen LogP contribution < -0.4 is 11.1 Å². The van der Waals surface area contributed by atoms with Crippen molar-refractivity contribution in [2.45, 2.75) is 26.2 Å². The van der Waals surface area contributed by atoms with Crippen LogP contribution in [-0.4, -0.2) is 17.4 Å². The van der Waals surface area contributed by atoms with Crippen LogP contribution in [-0.2, 0) is 11.2 Å². The fraction of sp³-hybridized carbons (Fsp3) is 0.556. The molecule has 0 spiro atoms. The predicted molar refractivity (Wildman–Crippen MR) is 58.1 cm³/mol. The molecule has 78 valence electrons. The quantitative estimate of drug-likeness (QED) is 0.772. The highest BCUT2D eigenvalue weighted by molar-refractivity contribution is 7.13. The molecule has 5 heteroatoms. The first-order chi connectivity index (χ1) is 6.72. The van der Waals surface area contributed by atoms with E-state index in [2.05, 4.69) is 10.3 Å². The van der Waals surface area contributed by atoms with Gasteiger partial charge in [0.25, 0.3) is 0 Å². The van der Waals surface area contributed by atoms with Crippen LogP contribution in [0.2, 0.25) is 0 Å². The van der Waals surface area contributed by atoms with E-state index < -0.39 is 0 Å². The molecule has 0 atom stereocenters. The first-order valence-electron chi connectivity index (χ1n) is 4.69. The second kappa shape index (κ2) is 5.59. The van der Waals surface area contributed by atoms with Crippen LogP contribution in [0, 0.1) is 0 Å². The fourth-order valence-electron chi connectivity index (χ4n) is 1.08. The van der Waals surface area contributed by atoms with Gasteiger partial charge in [0.2, 0.25) is 5.91 Å². The molecule has 1 aromatic rings. The molecule has 1 heterocycles. The molecule has 0 bridgehead atoms. The van der Waals surface area contributed by atoms with Crippen LogP contribution in [0.25, 0.3) is 0 Å². The first-order valence-corrected chi connectivity index (χ1v) is 5.57. The van der Waals surface area contributed by atoms with Crippen molar-refractivity contribution in [3.05, 3.63) is 11.1 Å². The van der Waals surface area contributed by atoms with E-state index in [0.717, 1.165) is 18.5 Å². The molecule has 1 rings (SSSR count). The lowest BCUT2D eigenvalue weighted by Gasteiger charge is -2.01. The van der Waals surface area contributed by atoms with Gasteiger partial charge in [-0.2, -0.15) is 0 Å². The van der Waals surface area contributed by atoms with Gasteiger partial charge in [-0.1, -0.05) is 6.92 Å². The van der Waals surface area contributed by atoms with Crippen LogP contribution in [0.15, 0.2) is 5.38 Å². The van der Waals surface area contributed by atoms with Crippen molar-refractivity contribution in [2.24, 2.45) is 0 Å². The van der Waals surface area contributed by atoms with Crippen molar-refractivity contribution in [1.29, 1.82) is 0 Å². The zero-order valence-corrected chi connectivity index (χ0v) is 9.06. The number of rotatable bonds is 5. The molecule has 0 fully saturated rings. The molecule has 4 nitrogen and oxygen atoms in total. The number of nitrogen functional groups attached to an aromatic ring is 1. The average Bonchev–Trinajstić information content (AvgIpc) is 2.52. The monoisotopic (exact) mass is 213 g/mol. The second-order valence-corrected chi connectivity index (χ2v) is 3.92. The molecule has 0 aliphatic carbocycles. The molecule has 3 N–H and O–H groups in total. The second-order valence-electron chi connectivity index (χ2n) is 3.03. The van der Waals surface area contributed by atoms with Gasteiger partial charge in [-0.15, -0.1) is 11.3 Å². The summed E-state index contributed by atoms with van der Waals surface area (Å²) in [5.74, 6) is 0.107. The molecule has 0 radical (unpaired) electrons. The summed E-state index contributed by atoms with van der Waals surface area (Å²) in [6.45, 7) is 2.63. The van der Waals surface area contributed by atoms with E-state index in [1.54, 1.807) is 0 Å². The number of nitrogens with one attached hydrogen (secondary N) is 1. The third-order valence-corrected chi connectivity index (χ3v) is 2.47. The lowest BCUT2D eigenvalue weighted by molar-refractivity contribution is -0.121. The summed E-state index contributed by atoms with van der Waals surface area (Å²) in [6.07, 6.45) is 2.23. The number of aromatic nitrogens is 1. The SMILES string of the molecule is CCCC(=O)NCCc1csc(N)n1. The number of hydrogen-bond donors (Lipinski definition) is 2. The molecule has 1 amide bonds. The number of hydrogen-bond acceptors (Lipinski definition) is 4. The average molecular weight is 213 g/mol. The Bertz CT molecular complexity index is 298. The van der Waals surface area contributed by atoms with Crippen molar-refractivity contribution in [3.63, 3.8) is 0 Å². The van der Waals surface area contributed by atoms with Crippen LogP contribution in [0.5, 0.6) is 0 Å². The zero-order valence-electron chi connectivity index (χ0n) is 8.25. The highest BCUT2D eigenvalue weighted by atomic mass is 32.1. The predicted octanol–water partition coefficient (Wildman–Crippen LogP) is 1.18. The van der Waals surface area contributed by atoms with E-state index in [1.807, 2.05) is 12.3 Å². The number of thiazole rings is 1. The van der Waals surface area contributed by atoms with Gasteiger partial charge in [-0.3, -0.25) is 4.79 Å². The zero-order chi connectivity index (χ0) is 10.4. The minimum absolute atomic E-state index is 0.107. The van der Waals surface area contributed by atoms with Gasteiger partial charge in [0, 0.05) is 24.8 Å². The highest BCUT2D eigenvalue weighted by Gasteiger charge is 2.00. The van der Waals surface area contributed by atoms with Gasteiger partial charge in [-0.25, -0.2) is 4.98 Å². The summed E-state index contributed by atoms with van der Waals surface area (Å²) in [5.41, 5.74) is 6.43. The van der Waals surface area contributed by atoms with Gasteiger partial charge in [0.15, 0.2) is 5.13 Å². The standard InChI is InChI=1S/C9H15N3OS/c1-2-3-8(13)11-5-4-7-6-14-9(10)12-7/h6H,2-5H2,1H3,(H2,10,12)(H,11,13). The van der Waals surface area contributed by atoms with Crippen molar-refractivity contribution >= 4 is 22.4 Å². The summed E-state index contributed by atoms with van der Waals surface area (Å²) < 4.78 is 0. The smallest absolute Gasteiger partial charge is 0.219 e. The number of nitrogens with zero attached hydrogens (tertiary/aromatic N) is 1. The summed E-state index contributed by atoms with van der Waals surface area (Å²) in [6, 6.07) is 0. The van der Waals surface area contributed by atoms with Crippen LogP contribution in [0.3, 0.4) is 0 Å². The first kappa shape index (κ1) is 11.0. The van der Waals surface area contributed by atoms with Gasteiger partial charge in [0.05, 0.1) is 5.69 Å². The Morgan fingerprint density at radius 2 is 2.50 bits per heavy atom. The Morgan fingerprint density at radius 1 is 1.71 bits per heavy atom. The minimum Gasteiger partial charge on any atom is -0.375 e. The summed E-state index contributed by atoms with van der Waals surface area (Å²) in [7, 11) is 0. The van der Waals surface area contributed by atoms with E-state index >= 15 is 0 Å². The lowest BCUT2D eigenvalue weighted by atomic mass is 10.3. The van der Waals surface area contributed by atoms with Crippen molar-refractivity contribution in [2.75, 3.05) is 12.3 Å². The normalized spacial score (nSPS) is 10.1. The Kier molecular flexibility index (Phi) is 4.39. The maximum absolute atomic E-state index is 11.1. The van der Waals surface area contributed by atoms with Crippen LogP contribution in [0.1, 0.15) is 25.5 Å². The van der Waals surface area contributed by atoms with Crippen molar-refractivity contribution in [1.82, 2.24) is 10.3 Å². The number of carbonyl (C=O) groups excluding carboxylic acids is 1. The van der Waals surface area contributed by atoms with E-state index in [9.17, 15) is 4.79 Å². The van der Waals surface area contributed by atoms with E-state index in [1.165, 1.54) is 11.3 Å². The Labute approximate surface area is 87.5 Å². The number of carbonyl (C=O) groups is 1. The van der Waals surface area contributed by atoms with Gasteiger partial charge in [-0.05, 0) is 6.42 Å². The highest BCUT2D eigenvalue weighted by Crippen LogP contribution is 2.10. The maximum atomic E-state index is 11.1. The molecule has 0 aromatic carbocycles. The fourth-order valence-corrected chi connectivity index (χ4v) is 1.68. The lowest BCUT2D eigenvalue weighted by Crippen LogP contribution is -2.25. The number of nitrogens with two attached hydrogens (primary N) is 1. The molecule has 0 aliphatic heterocycles. The number of amides is 1. The number of anilines is 1. The van der Waals surface area contributed by atoms with Crippen molar-refractivity contribution < 1.29 is 4.79 Å². The molecule has 0 saturated heterocycles. The van der Waals surface area contributed by atoms with E-state index in [-0.39, 0.29) is 5.91 Å². The Hall–Kier alpha value is -1.10. The largest absolute Gasteiger partial charge is 0.375 e. The van der Waals surface area contributed by atoms with Gasteiger partial charge in [0.1, 0.15) is 0 Å². The Morgan fingerprint density at radius 3 is 3.07 bits per heavy atom.